The van der Waals surface area contributed by atoms with Crippen LogP contribution in [0.15, 0.2) is 48.5 Å². The number of methoxy groups -OCH3 is 2. The van der Waals surface area contributed by atoms with Gasteiger partial charge in [-0.05, 0) is 30.3 Å². The Morgan fingerprint density at radius 3 is 2.55 bits per heavy atom. The molecular formula is C17H15ClO4. The predicted octanol–water partition coefficient (Wildman–Crippen LogP) is 3.98. The van der Waals surface area contributed by atoms with Crippen molar-refractivity contribution >= 4 is 23.6 Å². The van der Waals surface area contributed by atoms with E-state index in [0.29, 0.717) is 27.8 Å². The molecule has 0 aliphatic carbocycles. The van der Waals surface area contributed by atoms with Crippen LogP contribution in [0, 0.1) is 0 Å². The Labute approximate surface area is 133 Å². The largest absolute Gasteiger partial charge is 0.493 e. The van der Waals surface area contributed by atoms with Crippen LogP contribution in [0.3, 0.4) is 0 Å². The summed E-state index contributed by atoms with van der Waals surface area (Å²) in [5.41, 5.74) is 0.713. The van der Waals surface area contributed by atoms with E-state index in [-0.39, 0.29) is 0 Å². The second-order valence-corrected chi connectivity index (χ2v) is 4.73. The summed E-state index contributed by atoms with van der Waals surface area (Å²) in [5, 5.41) is 0.503. The number of carbonyl (C=O) groups excluding carboxylic acids is 1. The number of benzene rings is 2. The van der Waals surface area contributed by atoms with Crippen molar-refractivity contribution in [3.8, 4) is 17.2 Å². The fourth-order valence-corrected chi connectivity index (χ4v) is 2.06. The summed E-state index contributed by atoms with van der Waals surface area (Å²) in [4.78, 5) is 11.8. The Hall–Kier alpha value is -2.46. The molecule has 0 aliphatic heterocycles. The normalized spacial score (nSPS) is 10.5. The molecule has 2 aromatic rings. The molecule has 0 saturated heterocycles. The van der Waals surface area contributed by atoms with Crippen LogP contribution in [-0.2, 0) is 4.79 Å². The van der Waals surface area contributed by atoms with E-state index in [0.717, 1.165) is 0 Å². The molecule has 2 rings (SSSR count). The van der Waals surface area contributed by atoms with Gasteiger partial charge in [0.25, 0.3) is 0 Å². The molecule has 0 spiro atoms. The highest BCUT2D eigenvalue weighted by Crippen LogP contribution is 2.31. The summed E-state index contributed by atoms with van der Waals surface area (Å²) >= 11 is 5.83. The minimum atomic E-state index is -0.507. The van der Waals surface area contributed by atoms with Crippen LogP contribution < -0.4 is 14.2 Å². The lowest BCUT2D eigenvalue weighted by atomic mass is 10.1. The van der Waals surface area contributed by atoms with Crippen LogP contribution in [-0.4, -0.2) is 20.2 Å². The molecule has 0 unspecified atom stereocenters. The lowest BCUT2D eigenvalue weighted by molar-refractivity contribution is -0.128. The summed E-state index contributed by atoms with van der Waals surface area (Å²) < 4.78 is 15.7. The second-order valence-electron chi connectivity index (χ2n) is 4.29. The number of rotatable bonds is 5. The Bertz CT molecular complexity index is 695. The highest BCUT2D eigenvalue weighted by molar-refractivity contribution is 6.30. The fraction of sp³-hybridized carbons (Fsp3) is 0.118. The van der Waals surface area contributed by atoms with E-state index in [1.807, 2.05) is 12.1 Å². The van der Waals surface area contributed by atoms with Crippen molar-refractivity contribution in [1.82, 2.24) is 0 Å². The van der Waals surface area contributed by atoms with Crippen molar-refractivity contribution < 1.29 is 19.0 Å². The molecule has 0 radical (unpaired) electrons. The smallest absolute Gasteiger partial charge is 0.336 e. The second kappa shape index (κ2) is 7.52. The van der Waals surface area contributed by atoms with Gasteiger partial charge in [-0.2, -0.15) is 0 Å². The monoisotopic (exact) mass is 318 g/mol. The Kier molecular flexibility index (Phi) is 5.44. The summed E-state index contributed by atoms with van der Waals surface area (Å²) in [5.74, 6) is 1.02. The molecule has 0 heterocycles. The lowest BCUT2D eigenvalue weighted by Crippen LogP contribution is -2.03. The van der Waals surface area contributed by atoms with E-state index in [2.05, 4.69) is 0 Å². The van der Waals surface area contributed by atoms with Crippen LogP contribution in [0.5, 0.6) is 17.2 Å². The minimum absolute atomic E-state index is 0.389. The van der Waals surface area contributed by atoms with Crippen molar-refractivity contribution in [3.05, 3.63) is 59.1 Å². The topological polar surface area (TPSA) is 44.8 Å². The fourth-order valence-electron chi connectivity index (χ4n) is 1.88. The maximum Gasteiger partial charge on any atom is 0.336 e. The van der Waals surface area contributed by atoms with E-state index < -0.39 is 5.97 Å². The van der Waals surface area contributed by atoms with Gasteiger partial charge >= 0.3 is 5.97 Å². The highest BCUT2D eigenvalue weighted by Gasteiger charge is 2.08. The molecule has 4 nitrogen and oxygen atoms in total. The van der Waals surface area contributed by atoms with Gasteiger partial charge in [0, 0.05) is 16.7 Å². The summed E-state index contributed by atoms with van der Waals surface area (Å²) in [7, 11) is 3.10. The zero-order chi connectivity index (χ0) is 15.9. The third-order valence-corrected chi connectivity index (χ3v) is 3.08. The molecule has 0 aromatic heterocycles. The van der Waals surface area contributed by atoms with Gasteiger partial charge in [0.2, 0.25) is 0 Å². The van der Waals surface area contributed by atoms with Crippen molar-refractivity contribution in [2.45, 2.75) is 0 Å². The standard InChI is InChI=1S/C17H15ClO4/c1-20-15-8-3-5-12(17(15)21-2)9-10-16(19)22-14-7-4-6-13(18)11-14/h3-11H,1-2H3/b10-9+. The summed E-state index contributed by atoms with van der Waals surface area (Å²) in [6.45, 7) is 0. The van der Waals surface area contributed by atoms with E-state index in [1.54, 1.807) is 50.6 Å². The van der Waals surface area contributed by atoms with E-state index >= 15 is 0 Å². The SMILES string of the molecule is COc1cccc(/C=C/C(=O)Oc2cccc(Cl)c2)c1OC. The van der Waals surface area contributed by atoms with Crippen LogP contribution in [0.2, 0.25) is 5.02 Å². The Balaban J connectivity index is 2.13. The van der Waals surface area contributed by atoms with Crippen LogP contribution in [0.25, 0.3) is 6.08 Å². The van der Waals surface area contributed by atoms with Crippen LogP contribution in [0.1, 0.15) is 5.56 Å². The molecule has 0 aliphatic rings. The van der Waals surface area contributed by atoms with Crippen molar-refractivity contribution in [2.75, 3.05) is 14.2 Å². The average molecular weight is 319 g/mol. The first-order chi connectivity index (χ1) is 10.6. The summed E-state index contributed by atoms with van der Waals surface area (Å²) in [6.07, 6.45) is 2.92. The number of hydrogen-bond acceptors (Lipinski definition) is 4. The molecule has 0 bridgehead atoms. The first kappa shape index (κ1) is 15.9. The van der Waals surface area contributed by atoms with Crippen molar-refractivity contribution in [3.63, 3.8) is 0 Å². The molecule has 114 valence electrons. The highest BCUT2D eigenvalue weighted by atomic mass is 35.5. The van der Waals surface area contributed by atoms with E-state index in [4.69, 9.17) is 25.8 Å². The molecule has 0 saturated carbocycles. The zero-order valence-electron chi connectivity index (χ0n) is 12.2. The first-order valence-corrected chi connectivity index (χ1v) is 6.88. The van der Waals surface area contributed by atoms with Gasteiger partial charge in [-0.15, -0.1) is 0 Å². The van der Waals surface area contributed by atoms with Gasteiger partial charge in [-0.3, -0.25) is 0 Å². The first-order valence-electron chi connectivity index (χ1n) is 6.50. The van der Waals surface area contributed by atoms with Crippen LogP contribution in [0.4, 0.5) is 0 Å². The molecule has 0 fully saturated rings. The van der Waals surface area contributed by atoms with E-state index in [1.165, 1.54) is 6.08 Å². The molecule has 2 aromatic carbocycles. The molecule has 5 heteroatoms. The van der Waals surface area contributed by atoms with E-state index in [9.17, 15) is 4.79 Å². The molecule has 0 N–H and O–H groups in total. The predicted molar refractivity (Wildman–Crippen MR) is 85.7 cm³/mol. The maximum absolute atomic E-state index is 11.8. The minimum Gasteiger partial charge on any atom is -0.493 e. The van der Waals surface area contributed by atoms with Gasteiger partial charge in [0.1, 0.15) is 5.75 Å². The number of hydrogen-bond donors (Lipinski definition) is 0. The zero-order valence-corrected chi connectivity index (χ0v) is 13.0. The quantitative estimate of drug-likeness (QED) is 0.475. The molecular weight excluding hydrogens is 304 g/mol. The number of para-hydroxylation sites is 1. The summed E-state index contributed by atoms with van der Waals surface area (Å²) in [6, 6.07) is 12.0. The van der Waals surface area contributed by atoms with Gasteiger partial charge in [0.15, 0.2) is 11.5 Å². The Morgan fingerprint density at radius 1 is 1.09 bits per heavy atom. The lowest BCUT2D eigenvalue weighted by Gasteiger charge is -2.09. The van der Waals surface area contributed by atoms with Gasteiger partial charge in [-0.1, -0.05) is 29.8 Å². The number of halogens is 1. The van der Waals surface area contributed by atoms with Gasteiger partial charge in [0.05, 0.1) is 14.2 Å². The van der Waals surface area contributed by atoms with Crippen molar-refractivity contribution in [1.29, 1.82) is 0 Å². The third kappa shape index (κ3) is 4.02. The number of esters is 1. The average Bonchev–Trinajstić information content (AvgIpc) is 2.52. The molecule has 0 amide bonds. The van der Waals surface area contributed by atoms with Crippen molar-refractivity contribution in [2.24, 2.45) is 0 Å². The number of ether oxygens (including phenoxy) is 3. The van der Waals surface area contributed by atoms with Gasteiger partial charge < -0.3 is 14.2 Å². The third-order valence-electron chi connectivity index (χ3n) is 2.85. The van der Waals surface area contributed by atoms with Crippen LogP contribution >= 0.6 is 11.6 Å². The maximum atomic E-state index is 11.8. The van der Waals surface area contributed by atoms with Gasteiger partial charge in [-0.25, -0.2) is 4.79 Å². The number of carbonyl (C=O) groups is 1. The Morgan fingerprint density at radius 2 is 1.86 bits per heavy atom. The molecule has 0 atom stereocenters. The molecule has 22 heavy (non-hydrogen) atoms.